The molecule has 1 aliphatic heterocycles. The molecule has 1 atom stereocenters. The van der Waals surface area contributed by atoms with Crippen LogP contribution in [-0.4, -0.2) is 59.4 Å². The van der Waals surface area contributed by atoms with Gasteiger partial charge in [-0.3, -0.25) is 9.59 Å². The predicted octanol–water partition coefficient (Wildman–Crippen LogP) is 1.57. The van der Waals surface area contributed by atoms with Crippen LogP contribution in [0.4, 0.5) is 0 Å². The fourth-order valence-electron chi connectivity index (χ4n) is 2.96. The van der Waals surface area contributed by atoms with E-state index in [2.05, 4.69) is 4.98 Å². The summed E-state index contributed by atoms with van der Waals surface area (Å²) in [6.07, 6.45) is 0.499. The van der Waals surface area contributed by atoms with Gasteiger partial charge in [-0.2, -0.15) is 0 Å². The maximum Gasteiger partial charge on any atom is 0.246 e. The Morgan fingerprint density at radius 3 is 2.76 bits per heavy atom. The molecule has 1 saturated heterocycles. The first-order chi connectivity index (χ1) is 12.2. The minimum absolute atomic E-state index is 0.0317. The zero-order valence-corrected chi connectivity index (χ0v) is 14.9. The Morgan fingerprint density at radius 2 is 2.08 bits per heavy atom. The number of carbonyl (C=O) groups excluding carboxylic acids is 2. The van der Waals surface area contributed by atoms with Crippen molar-refractivity contribution in [3.8, 4) is 0 Å². The highest BCUT2D eigenvalue weighted by Crippen LogP contribution is 2.20. The van der Waals surface area contributed by atoms with Crippen molar-refractivity contribution in [3.63, 3.8) is 0 Å². The molecule has 0 N–H and O–H groups in total. The molecule has 0 bridgehead atoms. The molecule has 0 aliphatic carbocycles. The lowest BCUT2D eigenvalue weighted by Crippen LogP contribution is -2.60. The van der Waals surface area contributed by atoms with Gasteiger partial charge in [-0.15, -0.1) is 11.3 Å². The summed E-state index contributed by atoms with van der Waals surface area (Å²) in [6.45, 7) is 1.31. The minimum Gasteiger partial charge on any atom is -0.383 e. The molecule has 132 valence electrons. The smallest absolute Gasteiger partial charge is 0.246 e. The first-order valence-electron chi connectivity index (χ1n) is 8.17. The summed E-state index contributed by atoms with van der Waals surface area (Å²) >= 11 is 1.49. The fourth-order valence-corrected chi connectivity index (χ4v) is 3.51. The number of amides is 2. The van der Waals surface area contributed by atoms with E-state index < -0.39 is 6.04 Å². The second-order valence-electron chi connectivity index (χ2n) is 5.96. The molecule has 7 heteroatoms. The number of benzene rings is 1. The van der Waals surface area contributed by atoms with Crippen LogP contribution in [-0.2, 0) is 27.3 Å². The van der Waals surface area contributed by atoms with E-state index in [0.717, 1.165) is 11.3 Å². The van der Waals surface area contributed by atoms with Crippen LogP contribution in [0.5, 0.6) is 0 Å². The van der Waals surface area contributed by atoms with Crippen molar-refractivity contribution in [2.75, 3.05) is 26.8 Å². The summed E-state index contributed by atoms with van der Waals surface area (Å²) in [6, 6.07) is 9.27. The van der Waals surface area contributed by atoms with Gasteiger partial charge in [-0.25, -0.2) is 4.98 Å². The Morgan fingerprint density at radius 1 is 1.28 bits per heavy atom. The molecule has 25 heavy (non-hydrogen) atoms. The van der Waals surface area contributed by atoms with Gasteiger partial charge in [0.15, 0.2) is 0 Å². The third-order valence-electron chi connectivity index (χ3n) is 4.27. The molecule has 1 aromatic carbocycles. The van der Waals surface area contributed by atoms with E-state index in [9.17, 15) is 9.59 Å². The number of piperazine rings is 1. The van der Waals surface area contributed by atoms with Gasteiger partial charge in [0.25, 0.3) is 0 Å². The number of aromatic nitrogens is 1. The van der Waals surface area contributed by atoms with Gasteiger partial charge in [-0.1, -0.05) is 30.3 Å². The third-order valence-corrected chi connectivity index (χ3v) is 4.91. The number of hydrogen-bond donors (Lipinski definition) is 0. The van der Waals surface area contributed by atoms with Gasteiger partial charge in [0.1, 0.15) is 6.04 Å². The number of thiazole rings is 1. The Bertz CT molecular complexity index is 706. The van der Waals surface area contributed by atoms with Crippen molar-refractivity contribution in [2.45, 2.75) is 19.0 Å². The maximum atomic E-state index is 13.0. The fraction of sp³-hybridized carbons (Fsp3) is 0.389. The molecule has 0 spiro atoms. The molecule has 3 rings (SSSR count). The zero-order valence-electron chi connectivity index (χ0n) is 14.1. The second kappa shape index (κ2) is 8.22. The van der Waals surface area contributed by atoms with E-state index in [0.29, 0.717) is 26.1 Å². The molecule has 6 nitrogen and oxygen atoms in total. The molecule has 1 aliphatic rings. The third kappa shape index (κ3) is 4.24. The van der Waals surface area contributed by atoms with Crippen molar-refractivity contribution in [1.29, 1.82) is 0 Å². The monoisotopic (exact) mass is 359 g/mol. The van der Waals surface area contributed by atoms with Gasteiger partial charge in [0.2, 0.25) is 11.8 Å². The molecule has 1 fully saturated rings. The number of ether oxygens (including phenoxy) is 1. The largest absolute Gasteiger partial charge is 0.383 e. The van der Waals surface area contributed by atoms with Crippen molar-refractivity contribution < 1.29 is 14.3 Å². The lowest BCUT2D eigenvalue weighted by molar-refractivity contribution is -0.157. The number of methoxy groups -OCH3 is 1. The molecule has 2 amide bonds. The van der Waals surface area contributed by atoms with E-state index in [1.165, 1.54) is 11.3 Å². The van der Waals surface area contributed by atoms with Crippen LogP contribution >= 0.6 is 11.3 Å². The first-order valence-corrected chi connectivity index (χ1v) is 9.11. The average molecular weight is 359 g/mol. The first kappa shape index (κ1) is 17.6. The lowest BCUT2D eigenvalue weighted by atomic mass is 10.0. The minimum atomic E-state index is -0.512. The van der Waals surface area contributed by atoms with Gasteiger partial charge >= 0.3 is 0 Å². The molecule has 2 heterocycles. The summed E-state index contributed by atoms with van der Waals surface area (Å²) < 4.78 is 5.07. The normalized spacial score (nSPS) is 18.0. The van der Waals surface area contributed by atoms with Crippen LogP contribution in [0.1, 0.15) is 11.3 Å². The summed E-state index contributed by atoms with van der Waals surface area (Å²) in [7, 11) is 1.59. The summed E-state index contributed by atoms with van der Waals surface area (Å²) in [4.78, 5) is 33.2. The second-order valence-corrected chi connectivity index (χ2v) is 6.68. The van der Waals surface area contributed by atoms with Crippen LogP contribution in [0.2, 0.25) is 0 Å². The Hall–Kier alpha value is -2.25. The number of hydrogen-bond acceptors (Lipinski definition) is 5. The number of rotatable bonds is 7. The zero-order chi connectivity index (χ0) is 17.6. The number of nitrogens with zero attached hydrogens (tertiary/aromatic N) is 3. The molecular formula is C18H21N3O3S. The molecule has 0 radical (unpaired) electrons. The van der Waals surface area contributed by atoms with Crippen molar-refractivity contribution in [1.82, 2.24) is 14.8 Å². The van der Waals surface area contributed by atoms with Crippen molar-refractivity contribution >= 4 is 23.2 Å². The van der Waals surface area contributed by atoms with Crippen LogP contribution in [0.3, 0.4) is 0 Å². The Balaban J connectivity index is 1.83. The average Bonchev–Trinajstić information content (AvgIpc) is 3.14. The van der Waals surface area contributed by atoms with Crippen LogP contribution in [0.25, 0.3) is 0 Å². The van der Waals surface area contributed by atoms with E-state index >= 15 is 0 Å². The molecule has 0 unspecified atom stereocenters. The highest BCUT2D eigenvalue weighted by atomic mass is 32.1. The highest BCUT2D eigenvalue weighted by Gasteiger charge is 2.39. The summed E-state index contributed by atoms with van der Waals surface area (Å²) in [5.41, 5.74) is 3.59. The van der Waals surface area contributed by atoms with Gasteiger partial charge in [0, 0.05) is 25.5 Å². The SMILES string of the molecule is COCCN1CC(=O)N(Cc2cscn2)[C@H](Cc2ccccc2)C1=O. The highest BCUT2D eigenvalue weighted by molar-refractivity contribution is 7.07. The van der Waals surface area contributed by atoms with E-state index in [1.807, 2.05) is 35.7 Å². The van der Waals surface area contributed by atoms with E-state index in [-0.39, 0.29) is 18.4 Å². The summed E-state index contributed by atoms with van der Waals surface area (Å²) in [5.74, 6) is -0.0830. The predicted molar refractivity (Wildman–Crippen MR) is 95.1 cm³/mol. The van der Waals surface area contributed by atoms with Crippen LogP contribution < -0.4 is 0 Å². The van der Waals surface area contributed by atoms with Crippen molar-refractivity contribution in [2.24, 2.45) is 0 Å². The quantitative estimate of drug-likeness (QED) is 0.753. The lowest BCUT2D eigenvalue weighted by Gasteiger charge is -2.40. The maximum absolute atomic E-state index is 13.0. The molecule has 0 saturated carbocycles. The molecular weight excluding hydrogens is 338 g/mol. The Kier molecular flexibility index (Phi) is 5.78. The van der Waals surface area contributed by atoms with Gasteiger partial charge in [0.05, 0.1) is 30.9 Å². The van der Waals surface area contributed by atoms with Crippen molar-refractivity contribution in [3.05, 3.63) is 52.5 Å². The van der Waals surface area contributed by atoms with Crippen LogP contribution in [0.15, 0.2) is 41.2 Å². The summed E-state index contributed by atoms with van der Waals surface area (Å²) in [5, 5.41) is 1.91. The standard InChI is InChI=1S/C18H21N3O3S/c1-24-8-7-20-11-17(22)21(10-15-12-25-13-19-15)16(18(20)23)9-14-5-3-2-4-6-14/h2-6,12-13,16H,7-11H2,1H3/t16-/m1/s1. The van der Waals surface area contributed by atoms with Gasteiger partial charge in [-0.05, 0) is 5.56 Å². The topological polar surface area (TPSA) is 62.7 Å². The Labute approximate surface area is 151 Å². The van der Waals surface area contributed by atoms with Crippen LogP contribution in [0, 0.1) is 0 Å². The number of carbonyl (C=O) groups is 2. The van der Waals surface area contributed by atoms with E-state index in [1.54, 1.807) is 22.4 Å². The van der Waals surface area contributed by atoms with Gasteiger partial charge < -0.3 is 14.5 Å². The molecule has 1 aromatic heterocycles. The molecule has 2 aromatic rings. The van der Waals surface area contributed by atoms with E-state index in [4.69, 9.17) is 4.74 Å².